The molecule has 0 fully saturated rings. The van der Waals surface area contributed by atoms with Crippen molar-refractivity contribution >= 4 is 35.3 Å². The Morgan fingerprint density at radius 3 is 0.980 bits per heavy atom. The topological polar surface area (TPSA) is 98.2 Å². The average Bonchev–Trinajstić information content (AvgIpc) is 3.20. The molecule has 2 atom stereocenters. The molecule has 6 aromatic carbocycles. The number of primary amides is 1. The molecule has 256 valence electrons. The highest BCUT2D eigenvalue weighted by atomic mass is 32.2. The van der Waals surface area contributed by atoms with Crippen molar-refractivity contribution in [3.05, 3.63) is 215 Å². The zero-order valence-electron chi connectivity index (χ0n) is 28.2. The first-order valence-corrected chi connectivity index (χ1v) is 18.9. The Morgan fingerprint density at radius 1 is 0.471 bits per heavy atom. The first-order valence-electron chi connectivity index (χ1n) is 16.9. The largest absolute Gasteiger partial charge is 0.368 e. The van der Waals surface area contributed by atoms with Crippen molar-refractivity contribution in [3.63, 3.8) is 0 Å². The third-order valence-corrected chi connectivity index (χ3v) is 12.3. The molecule has 0 heterocycles. The lowest BCUT2D eigenvalue weighted by Crippen LogP contribution is -2.53. The number of nitrogens with two attached hydrogens (primary N) is 2. The summed E-state index contributed by atoms with van der Waals surface area (Å²) in [6.07, 6.45) is 0. The van der Waals surface area contributed by atoms with Crippen LogP contribution in [0.5, 0.6) is 0 Å². The van der Waals surface area contributed by atoms with Crippen molar-refractivity contribution in [2.24, 2.45) is 11.5 Å². The Bertz CT molecular complexity index is 1790. The summed E-state index contributed by atoms with van der Waals surface area (Å²) in [4.78, 5) is 26.9. The van der Waals surface area contributed by atoms with Gasteiger partial charge in [0, 0.05) is 11.5 Å². The molecule has 0 unspecified atom stereocenters. The molecule has 5 N–H and O–H groups in total. The lowest BCUT2D eigenvalue weighted by atomic mass is 9.84. The zero-order chi connectivity index (χ0) is 35.5. The van der Waals surface area contributed by atoms with E-state index in [0.29, 0.717) is 0 Å². The molecule has 0 bridgehead atoms. The SMILES string of the molecule is NC(=O)[C@H](CSC(c1ccccc1)(c1ccccc1)c1ccccc1)NC(=O)[C@H](N)CSC(c1ccccc1)(c1ccccc1)c1ccccc1. The average molecular weight is 708 g/mol. The van der Waals surface area contributed by atoms with Gasteiger partial charge in [-0.1, -0.05) is 182 Å². The molecular weight excluding hydrogens is 667 g/mol. The number of nitrogens with one attached hydrogen (secondary N) is 1. The normalized spacial score (nSPS) is 12.8. The van der Waals surface area contributed by atoms with Gasteiger partial charge >= 0.3 is 0 Å². The van der Waals surface area contributed by atoms with Gasteiger partial charge in [-0.3, -0.25) is 9.59 Å². The van der Waals surface area contributed by atoms with Crippen LogP contribution >= 0.6 is 23.5 Å². The van der Waals surface area contributed by atoms with Gasteiger partial charge in [0.25, 0.3) is 0 Å². The third-order valence-electron chi connectivity index (χ3n) is 9.02. The molecule has 0 aromatic heterocycles. The van der Waals surface area contributed by atoms with Gasteiger partial charge in [-0.2, -0.15) is 0 Å². The van der Waals surface area contributed by atoms with Crippen molar-refractivity contribution in [2.75, 3.05) is 11.5 Å². The van der Waals surface area contributed by atoms with E-state index in [0.717, 1.165) is 33.4 Å². The van der Waals surface area contributed by atoms with E-state index in [1.54, 1.807) is 23.5 Å². The smallest absolute Gasteiger partial charge is 0.240 e. The maximum absolute atomic E-state index is 13.9. The van der Waals surface area contributed by atoms with Crippen molar-refractivity contribution < 1.29 is 9.59 Å². The van der Waals surface area contributed by atoms with Gasteiger partial charge in [-0.05, 0) is 33.4 Å². The summed E-state index contributed by atoms with van der Waals surface area (Å²) in [6.45, 7) is 0. The minimum atomic E-state index is -0.962. The van der Waals surface area contributed by atoms with E-state index in [-0.39, 0.29) is 11.5 Å². The van der Waals surface area contributed by atoms with Gasteiger partial charge in [0.1, 0.15) is 6.04 Å². The van der Waals surface area contributed by atoms with E-state index < -0.39 is 33.4 Å². The molecule has 0 aliphatic rings. The van der Waals surface area contributed by atoms with Gasteiger partial charge < -0.3 is 16.8 Å². The first kappa shape index (κ1) is 35.7. The molecule has 51 heavy (non-hydrogen) atoms. The van der Waals surface area contributed by atoms with Crippen molar-refractivity contribution in [1.82, 2.24) is 5.32 Å². The molecule has 0 aliphatic carbocycles. The molecule has 6 aromatic rings. The number of benzene rings is 6. The quantitative estimate of drug-likeness (QED) is 0.0950. The third kappa shape index (κ3) is 7.81. The van der Waals surface area contributed by atoms with Crippen LogP contribution < -0.4 is 16.8 Å². The number of carbonyl (C=O) groups is 2. The Kier molecular flexibility index (Phi) is 11.7. The standard InChI is InChI=1S/C44H41N3O2S2/c45-39(31-50-43(33-19-7-1-8-20-33,34-21-9-2-10-22-34)35-23-11-3-12-24-35)42(49)47-40(41(46)48)32-51-44(36-25-13-4-14-26-36,37-27-15-5-16-28-37)38-29-17-6-18-30-38/h1-30,39-40H,31-32,45H2,(H2,46,48)(H,47,49)/t39-,40+/m1/s1. The van der Waals surface area contributed by atoms with Crippen LogP contribution in [0.2, 0.25) is 0 Å². The molecule has 7 heteroatoms. The van der Waals surface area contributed by atoms with Crippen molar-refractivity contribution in [1.29, 1.82) is 0 Å². The second-order valence-corrected chi connectivity index (χ2v) is 14.7. The van der Waals surface area contributed by atoms with Crippen LogP contribution in [0, 0.1) is 0 Å². The van der Waals surface area contributed by atoms with Gasteiger partial charge in [-0.15, -0.1) is 23.5 Å². The minimum Gasteiger partial charge on any atom is -0.368 e. The van der Waals surface area contributed by atoms with E-state index >= 15 is 0 Å². The van der Waals surface area contributed by atoms with Crippen LogP contribution in [-0.4, -0.2) is 35.4 Å². The molecular formula is C44H41N3O2S2. The fraction of sp³-hybridized carbons (Fsp3) is 0.136. The van der Waals surface area contributed by atoms with Crippen LogP contribution in [0.3, 0.4) is 0 Å². The van der Waals surface area contributed by atoms with E-state index in [1.807, 2.05) is 109 Å². The molecule has 0 radical (unpaired) electrons. The molecule has 0 saturated carbocycles. The summed E-state index contributed by atoms with van der Waals surface area (Å²) in [7, 11) is 0. The van der Waals surface area contributed by atoms with Gasteiger partial charge in [-0.25, -0.2) is 0 Å². The molecule has 2 amide bonds. The predicted molar refractivity (Wildman–Crippen MR) is 212 cm³/mol. The second kappa shape index (κ2) is 16.8. The summed E-state index contributed by atoms with van der Waals surface area (Å²) in [5, 5.41) is 2.93. The Hall–Kier alpha value is -5.08. The van der Waals surface area contributed by atoms with E-state index in [4.69, 9.17) is 11.5 Å². The Labute approximate surface area is 308 Å². The summed E-state index contributed by atoms with van der Waals surface area (Å²) in [5.41, 5.74) is 19.0. The lowest BCUT2D eigenvalue weighted by Gasteiger charge is -2.37. The van der Waals surface area contributed by atoms with Crippen molar-refractivity contribution in [2.45, 2.75) is 21.6 Å². The number of rotatable bonds is 15. The summed E-state index contributed by atoms with van der Waals surface area (Å²) in [5.74, 6) is -0.544. The van der Waals surface area contributed by atoms with Gasteiger partial charge in [0.2, 0.25) is 11.8 Å². The van der Waals surface area contributed by atoms with Crippen molar-refractivity contribution in [3.8, 4) is 0 Å². The number of hydrogen-bond donors (Lipinski definition) is 3. The fourth-order valence-corrected chi connectivity index (χ4v) is 9.57. The highest BCUT2D eigenvalue weighted by Gasteiger charge is 2.40. The van der Waals surface area contributed by atoms with Gasteiger partial charge in [0.05, 0.1) is 15.5 Å². The maximum atomic E-state index is 13.9. The Morgan fingerprint density at radius 2 is 0.725 bits per heavy atom. The molecule has 5 nitrogen and oxygen atoms in total. The van der Waals surface area contributed by atoms with Crippen LogP contribution in [0.15, 0.2) is 182 Å². The van der Waals surface area contributed by atoms with Crippen LogP contribution in [-0.2, 0) is 19.1 Å². The van der Waals surface area contributed by atoms with E-state index in [2.05, 4.69) is 78.1 Å². The van der Waals surface area contributed by atoms with Crippen LogP contribution in [0.1, 0.15) is 33.4 Å². The Balaban J connectivity index is 1.27. The number of thioether (sulfide) groups is 2. The van der Waals surface area contributed by atoms with Gasteiger partial charge in [0.15, 0.2) is 0 Å². The van der Waals surface area contributed by atoms with E-state index in [9.17, 15) is 9.59 Å². The summed E-state index contributed by atoms with van der Waals surface area (Å²) in [6, 6.07) is 59.5. The fourth-order valence-electron chi connectivity index (χ4n) is 6.51. The molecule has 6 rings (SSSR count). The highest BCUT2D eigenvalue weighted by Crippen LogP contribution is 2.50. The number of amides is 2. The summed E-state index contributed by atoms with van der Waals surface area (Å²) >= 11 is 3.17. The van der Waals surface area contributed by atoms with Crippen LogP contribution in [0.25, 0.3) is 0 Å². The first-order chi connectivity index (χ1) is 24.9. The zero-order valence-corrected chi connectivity index (χ0v) is 29.8. The maximum Gasteiger partial charge on any atom is 0.240 e. The number of hydrogen-bond acceptors (Lipinski definition) is 5. The monoisotopic (exact) mass is 707 g/mol. The van der Waals surface area contributed by atoms with Crippen LogP contribution in [0.4, 0.5) is 0 Å². The summed E-state index contributed by atoms with van der Waals surface area (Å²) < 4.78 is -1.32. The lowest BCUT2D eigenvalue weighted by molar-refractivity contribution is -0.127. The van der Waals surface area contributed by atoms with E-state index in [1.165, 1.54) is 0 Å². The second-order valence-electron chi connectivity index (χ2n) is 12.3. The molecule has 0 aliphatic heterocycles. The molecule has 0 spiro atoms. The number of carbonyl (C=O) groups excluding carboxylic acids is 2. The highest BCUT2D eigenvalue weighted by molar-refractivity contribution is 8.01. The minimum absolute atomic E-state index is 0.224. The predicted octanol–water partition coefficient (Wildman–Crippen LogP) is 7.73. The molecule has 0 saturated heterocycles.